The van der Waals surface area contributed by atoms with Gasteiger partial charge in [-0.1, -0.05) is 23.7 Å². The molecule has 0 unspecified atom stereocenters. The molecule has 134 valence electrons. The lowest BCUT2D eigenvalue weighted by Crippen LogP contribution is -2.28. The monoisotopic (exact) mass is 373 g/mol. The fourth-order valence-corrected chi connectivity index (χ4v) is 2.55. The Balaban J connectivity index is 1.64. The molecule has 3 rings (SSSR count). The summed E-state index contributed by atoms with van der Waals surface area (Å²) in [6.45, 7) is 1.92. The molecule has 2 N–H and O–H groups in total. The molecule has 0 aliphatic carbocycles. The first-order chi connectivity index (χ1) is 12.4. The van der Waals surface area contributed by atoms with Crippen LogP contribution in [-0.2, 0) is 17.9 Å². The van der Waals surface area contributed by atoms with Crippen LogP contribution in [0.1, 0.15) is 11.3 Å². The number of rotatable bonds is 5. The van der Waals surface area contributed by atoms with Crippen LogP contribution in [0.2, 0.25) is 5.02 Å². The number of pyridine rings is 1. The minimum atomic E-state index is -0.459. The molecule has 1 aromatic carbocycles. The standard InChI is InChI=1S/C17H16ClN5O3/c1-11-6-14(24)7-16(26)23(11)9-15(25)20-17-19-10-22(21-17)8-12-2-4-13(18)5-3-12/h2-7,10,24H,8-9H2,1H3,(H,20,21,25). The molecule has 0 aliphatic rings. The quantitative estimate of drug-likeness (QED) is 0.710. The first-order valence-corrected chi connectivity index (χ1v) is 8.13. The number of aromatic nitrogens is 4. The van der Waals surface area contributed by atoms with E-state index in [0.29, 0.717) is 17.3 Å². The molecule has 0 saturated carbocycles. The highest BCUT2D eigenvalue weighted by Crippen LogP contribution is 2.11. The Kier molecular flexibility index (Phi) is 5.04. The van der Waals surface area contributed by atoms with Gasteiger partial charge in [0, 0.05) is 16.8 Å². The first kappa shape index (κ1) is 17.7. The van der Waals surface area contributed by atoms with Gasteiger partial charge in [0.1, 0.15) is 18.6 Å². The zero-order valence-electron chi connectivity index (χ0n) is 13.9. The van der Waals surface area contributed by atoms with Crippen molar-refractivity contribution in [2.24, 2.45) is 0 Å². The third-order valence-corrected chi connectivity index (χ3v) is 3.92. The fraction of sp³-hybridized carbons (Fsp3) is 0.176. The van der Waals surface area contributed by atoms with E-state index >= 15 is 0 Å². The lowest BCUT2D eigenvalue weighted by atomic mass is 10.2. The number of carbonyl (C=O) groups excluding carboxylic acids is 1. The highest BCUT2D eigenvalue weighted by molar-refractivity contribution is 6.30. The van der Waals surface area contributed by atoms with E-state index in [1.165, 1.54) is 17.0 Å². The molecule has 0 saturated heterocycles. The number of amides is 1. The molecule has 2 aromatic heterocycles. The zero-order valence-corrected chi connectivity index (χ0v) is 14.6. The molecule has 1 amide bonds. The predicted molar refractivity (Wildman–Crippen MR) is 96.3 cm³/mol. The van der Waals surface area contributed by atoms with Gasteiger partial charge in [0.2, 0.25) is 11.9 Å². The Labute approximate surface area is 153 Å². The Morgan fingerprint density at radius 1 is 1.27 bits per heavy atom. The van der Waals surface area contributed by atoms with Crippen molar-refractivity contribution in [3.05, 3.63) is 69.4 Å². The van der Waals surface area contributed by atoms with Crippen molar-refractivity contribution in [1.82, 2.24) is 19.3 Å². The number of hydrogen-bond acceptors (Lipinski definition) is 5. The van der Waals surface area contributed by atoms with Gasteiger partial charge >= 0.3 is 0 Å². The highest BCUT2D eigenvalue weighted by Gasteiger charge is 2.11. The largest absolute Gasteiger partial charge is 0.508 e. The molecule has 26 heavy (non-hydrogen) atoms. The SMILES string of the molecule is Cc1cc(O)cc(=O)n1CC(=O)Nc1ncn(Cc2ccc(Cl)cc2)n1. The van der Waals surface area contributed by atoms with Crippen LogP contribution in [0.15, 0.2) is 47.5 Å². The molecule has 0 aliphatic heterocycles. The third kappa shape index (κ3) is 4.28. The van der Waals surface area contributed by atoms with Crippen molar-refractivity contribution in [2.45, 2.75) is 20.0 Å². The Morgan fingerprint density at radius 2 is 2.00 bits per heavy atom. The second kappa shape index (κ2) is 7.40. The second-order valence-corrected chi connectivity index (χ2v) is 6.16. The summed E-state index contributed by atoms with van der Waals surface area (Å²) in [6, 6.07) is 9.79. The second-order valence-electron chi connectivity index (χ2n) is 5.72. The number of nitrogens with zero attached hydrogens (tertiary/aromatic N) is 4. The molecule has 0 spiro atoms. The lowest BCUT2D eigenvalue weighted by Gasteiger charge is -2.09. The number of benzene rings is 1. The van der Waals surface area contributed by atoms with Gasteiger partial charge in [-0.15, -0.1) is 5.10 Å². The minimum Gasteiger partial charge on any atom is -0.508 e. The Hall–Kier alpha value is -3.13. The molecule has 0 atom stereocenters. The van der Waals surface area contributed by atoms with Crippen LogP contribution in [0.5, 0.6) is 5.75 Å². The lowest BCUT2D eigenvalue weighted by molar-refractivity contribution is -0.116. The third-order valence-electron chi connectivity index (χ3n) is 3.67. The molecule has 2 heterocycles. The van der Waals surface area contributed by atoms with E-state index in [1.54, 1.807) is 23.7 Å². The molecule has 0 bridgehead atoms. The van der Waals surface area contributed by atoms with E-state index in [-0.39, 0.29) is 18.2 Å². The highest BCUT2D eigenvalue weighted by atomic mass is 35.5. The predicted octanol–water partition coefficient (Wildman–Crippen LogP) is 1.79. The maximum Gasteiger partial charge on any atom is 0.254 e. The van der Waals surface area contributed by atoms with Crippen molar-refractivity contribution in [3.8, 4) is 5.75 Å². The molecule has 0 fully saturated rings. The van der Waals surface area contributed by atoms with Gasteiger partial charge in [-0.3, -0.25) is 14.9 Å². The smallest absolute Gasteiger partial charge is 0.254 e. The maximum atomic E-state index is 12.1. The Morgan fingerprint density at radius 3 is 2.69 bits per heavy atom. The average Bonchev–Trinajstić information content (AvgIpc) is 3.00. The number of hydrogen-bond donors (Lipinski definition) is 2. The van der Waals surface area contributed by atoms with Crippen LogP contribution in [0.3, 0.4) is 0 Å². The summed E-state index contributed by atoms with van der Waals surface area (Å²) < 4.78 is 2.83. The summed E-state index contributed by atoms with van der Waals surface area (Å²) in [7, 11) is 0. The molecular formula is C17H16ClN5O3. The number of halogens is 1. The van der Waals surface area contributed by atoms with Crippen molar-refractivity contribution >= 4 is 23.5 Å². The zero-order chi connectivity index (χ0) is 18.7. The number of nitrogens with one attached hydrogen (secondary N) is 1. The summed E-state index contributed by atoms with van der Waals surface area (Å²) in [6.07, 6.45) is 1.50. The molecule has 3 aromatic rings. The van der Waals surface area contributed by atoms with Crippen LogP contribution >= 0.6 is 11.6 Å². The van der Waals surface area contributed by atoms with Crippen LogP contribution in [-0.4, -0.2) is 30.3 Å². The van der Waals surface area contributed by atoms with E-state index in [2.05, 4.69) is 15.4 Å². The van der Waals surface area contributed by atoms with Gasteiger partial charge in [0.15, 0.2) is 0 Å². The van der Waals surface area contributed by atoms with Gasteiger partial charge in [-0.05, 0) is 30.7 Å². The van der Waals surface area contributed by atoms with E-state index in [0.717, 1.165) is 11.6 Å². The van der Waals surface area contributed by atoms with Crippen molar-refractivity contribution < 1.29 is 9.90 Å². The van der Waals surface area contributed by atoms with Gasteiger partial charge in [0.05, 0.1) is 6.54 Å². The Bertz CT molecular complexity index is 994. The average molecular weight is 374 g/mol. The van der Waals surface area contributed by atoms with E-state index in [4.69, 9.17) is 11.6 Å². The molecule has 9 heteroatoms. The van der Waals surface area contributed by atoms with Gasteiger partial charge in [-0.2, -0.15) is 0 Å². The maximum absolute atomic E-state index is 12.1. The van der Waals surface area contributed by atoms with Gasteiger partial charge in [0.25, 0.3) is 5.56 Å². The number of carbonyl (C=O) groups is 1. The fourth-order valence-electron chi connectivity index (χ4n) is 2.43. The van der Waals surface area contributed by atoms with Crippen LogP contribution in [0.4, 0.5) is 5.95 Å². The number of anilines is 1. The van der Waals surface area contributed by atoms with E-state index in [9.17, 15) is 14.7 Å². The minimum absolute atomic E-state index is 0.133. The van der Waals surface area contributed by atoms with Crippen LogP contribution in [0.25, 0.3) is 0 Å². The van der Waals surface area contributed by atoms with Crippen molar-refractivity contribution in [3.63, 3.8) is 0 Å². The summed E-state index contributed by atoms with van der Waals surface area (Å²) in [5.74, 6) is -0.426. The number of aromatic hydroxyl groups is 1. The van der Waals surface area contributed by atoms with E-state index in [1.807, 2.05) is 12.1 Å². The summed E-state index contributed by atoms with van der Waals surface area (Å²) in [5.41, 5.74) is 1.01. The number of aryl methyl sites for hydroxylation is 1. The topological polar surface area (TPSA) is 102 Å². The van der Waals surface area contributed by atoms with Gasteiger partial charge in [-0.25, -0.2) is 9.67 Å². The summed E-state index contributed by atoms with van der Waals surface area (Å²) in [4.78, 5) is 28.0. The normalized spacial score (nSPS) is 10.7. The van der Waals surface area contributed by atoms with Gasteiger partial charge < -0.3 is 9.67 Å². The molecular weight excluding hydrogens is 358 g/mol. The van der Waals surface area contributed by atoms with Crippen molar-refractivity contribution in [1.29, 1.82) is 0 Å². The molecule has 8 nitrogen and oxygen atoms in total. The summed E-state index contributed by atoms with van der Waals surface area (Å²) in [5, 5.41) is 16.8. The summed E-state index contributed by atoms with van der Waals surface area (Å²) >= 11 is 5.85. The van der Waals surface area contributed by atoms with Crippen molar-refractivity contribution in [2.75, 3.05) is 5.32 Å². The first-order valence-electron chi connectivity index (χ1n) is 7.75. The molecule has 0 radical (unpaired) electrons. The van der Waals surface area contributed by atoms with Crippen LogP contribution in [0, 0.1) is 6.92 Å². The van der Waals surface area contributed by atoms with Crippen LogP contribution < -0.4 is 10.9 Å². The van der Waals surface area contributed by atoms with E-state index < -0.39 is 11.5 Å².